The fraction of sp³-hybridized carbons (Fsp3) is 0.533. The number of carbonyl (C=O) groups is 1. The molecule has 102 valence electrons. The molecule has 1 N–H and O–H groups in total. The van der Waals surface area contributed by atoms with Crippen LogP contribution in [0.5, 0.6) is 0 Å². The van der Waals surface area contributed by atoms with Crippen LogP contribution in [0.2, 0.25) is 0 Å². The highest BCUT2D eigenvalue weighted by Gasteiger charge is 2.30. The number of hydrogen-bond donors (Lipinski definition) is 1. The minimum Gasteiger partial charge on any atom is -0.325 e. The summed E-state index contributed by atoms with van der Waals surface area (Å²) >= 11 is 0. The second-order valence-corrected chi connectivity index (χ2v) is 5.48. The van der Waals surface area contributed by atoms with Gasteiger partial charge in [0.05, 0.1) is 6.54 Å². The van der Waals surface area contributed by atoms with E-state index in [1.165, 1.54) is 19.4 Å². The van der Waals surface area contributed by atoms with Gasteiger partial charge in [0, 0.05) is 31.4 Å². The fourth-order valence-electron chi connectivity index (χ4n) is 3.12. The van der Waals surface area contributed by atoms with Crippen molar-refractivity contribution in [3.05, 3.63) is 30.3 Å². The van der Waals surface area contributed by atoms with Crippen molar-refractivity contribution in [1.82, 2.24) is 9.80 Å². The van der Waals surface area contributed by atoms with Gasteiger partial charge in [-0.3, -0.25) is 14.6 Å². The lowest BCUT2D eigenvalue weighted by atomic mass is 10.1. The molecule has 3 rings (SSSR count). The normalized spacial score (nSPS) is 24.1. The third-order valence-electron chi connectivity index (χ3n) is 4.10. The van der Waals surface area contributed by atoms with Gasteiger partial charge in [-0.2, -0.15) is 0 Å². The Morgan fingerprint density at radius 3 is 2.89 bits per heavy atom. The molecule has 2 heterocycles. The zero-order valence-corrected chi connectivity index (χ0v) is 11.2. The van der Waals surface area contributed by atoms with Crippen molar-refractivity contribution < 1.29 is 4.79 Å². The van der Waals surface area contributed by atoms with E-state index in [9.17, 15) is 4.79 Å². The van der Waals surface area contributed by atoms with Gasteiger partial charge < -0.3 is 5.32 Å². The average molecular weight is 259 g/mol. The Morgan fingerprint density at radius 1 is 1.21 bits per heavy atom. The zero-order valence-electron chi connectivity index (χ0n) is 11.2. The van der Waals surface area contributed by atoms with Crippen molar-refractivity contribution in [2.75, 3.05) is 38.0 Å². The lowest BCUT2D eigenvalue weighted by molar-refractivity contribution is -0.117. The highest BCUT2D eigenvalue weighted by molar-refractivity contribution is 5.92. The summed E-state index contributed by atoms with van der Waals surface area (Å²) in [7, 11) is 0. The molecule has 1 aromatic carbocycles. The van der Waals surface area contributed by atoms with Crippen molar-refractivity contribution in [2.45, 2.75) is 18.9 Å². The maximum Gasteiger partial charge on any atom is 0.238 e. The van der Waals surface area contributed by atoms with Gasteiger partial charge in [0.1, 0.15) is 0 Å². The van der Waals surface area contributed by atoms with Gasteiger partial charge in [-0.1, -0.05) is 18.2 Å². The molecule has 2 saturated heterocycles. The van der Waals surface area contributed by atoms with E-state index in [0.717, 1.165) is 25.3 Å². The quantitative estimate of drug-likeness (QED) is 0.891. The number of piperazine rings is 1. The minimum atomic E-state index is 0.0950. The number of anilines is 1. The van der Waals surface area contributed by atoms with Crippen molar-refractivity contribution in [1.29, 1.82) is 0 Å². The van der Waals surface area contributed by atoms with Crippen LogP contribution < -0.4 is 5.32 Å². The van der Waals surface area contributed by atoms with E-state index in [1.807, 2.05) is 30.3 Å². The zero-order chi connectivity index (χ0) is 13.1. The van der Waals surface area contributed by atoms with Crippen LogP contribution in [-0.2, 0) is 4.79 Å². The van der Waals surface area contributed by atoms with E-state index in [4.69, 9.17) is 0 Å². The smallest absolute Gasteiger partial charge is 0.238 e. The summed E-state index contributed by atoms with van der Waals surface area (Å²) in [6, 6.07) is 10.4. The summed E-state index contributed by atoms with van der Waals surface area (Å²) in [6.07, 6.45) is 2.60. The Balaban J connectivity index is 1.50. The van der Waals surface area contributed by atoms with Gasteiger partial charge in [0.2, 0.25) is 5.91 Å². The highest BCUT2D eigenvalue weighted by atomic mass is 16.2. The monoisotopic (exact) mass is 259 g/mol. The van der Waals surface area contributed by atoms with Gasteiger partial charge >= 0.3 is 0 Å². The first-order valence-electron chi connectivity index (χ1n) is 7.12. The molecule has 2 fully saturated rings. The van der Waals surface area contributed by atoms with Gasteiger partial charge in [0.25, 0.3) is 0 Å². The maximum absolute atomic E-state index is 12.0. The summed E-state index contributed by atoms with van der Waals surface area (Å²) in [5, 5.41) is 2.95. The molecule has 0 aliphatic carbocycles. The number of fused-ring (bicyclic) bond motifs is 1. The number of hydrogen-bond acceptors (Lipinski definition) is 3. The Kier molecular flexibility index (Phi) is 3.80. The molecular formula is C15H21N3O. The first-order chi connectivity index (χ1) is 9.31. The molecule has 1 aromatic rings. The molecule has 0 spiro atoms. The minimum absolute atomic E-state index is 0.0950. The Labute approximate surface area is 114 Å². The van der Waals surface area contributed by atoms with E-state index in [2.05, 4.69) is 15.1 Å². The topological polar surface area (TPSA) is 35.6 Å². The number of carbonyl (C=O) groups excluding carboxylic acids is 1. The van der Waals surface area contributed by atoms with Crippen LogP contribution in [0.3, 0.4) is 0 Å². The summed E-state index contributed by atoms with van der Waals surface area (Å²) in [6.45, 7) is 4.93. The van der Waals surface area contributed by atoms with Crippen LogP contribution >= 0.6 is 0 Å². The number of benzene rings is 1. The summed E-state index contributed by atoms with van der Waals surface area (Å²) in [5.74, 6) is 0.0950. The van der Waals surface area contributed by atoms with E-state index in [0.29, 0.717) is 12.6 Å². The Bertz CT molecular complexity index is 434. The Hall–Kier alpha value is -1.39. The number of amides is 1. The lowest BCUT2D eigenvalue weighted by Gasteiger charge is -2.37. The van der Waals surface area contributed by atoms with Crippen LogP contribution in [-0.4, -0.2) is 54.5 Å². The molecule has 0 saturated carbocycles. The fourth-order valence-corrected chi connectivity index (χ4v) is 3.12. The molecule has 0 aromatic heterocycles. The molecule has 4 heteroatoms. The Morgan fingerprint density at radius 2 is 2.05 bits per heavy atom. The molecule has 2 aliphatic rings. The molecule has 0 bridgehead atoms. The molecule has 1 atom stereocenters. The van der Waals surface area contributed by atoms with Crippen LogP contribution in [0.1, 0.15) is 12.8 Å². The van der Waals surface area contributed by atoms with Crippen molar-refractivity contribution in [2.24, 2.45) is 0 Å². The van der Waals surface area contributed by atoms with Crippen LogP contribution in [0.25, 0.3) is 0 Å². The SMILES string of the molecule is O=C(CN1CCN2CCCC2C1)Nc1ccccc1. The number of nitrogens with zero attached hydrogens (tertiary/aromatic N) is 2. The maximum atomic E-state index is 12.0. The first-order valence-corrected chi connectivity index (χ1v) is 7.12. The predicted molar refractivity (Wildman–Crippen MR) is 76.1 cm³/mol. The summed E-state index contributed by atoms with van der Waals surface area (Å²) < 4.78 is 0. The molecule has 2 aliphatic heterocycles. The average Bonchev–Trinajstić information content (AvgIpc) is 2.87. The number of para-hydroxylation sites is 1. The van der Waals surface area contributed by atoms with E-state index >= 15 is 0 Å². The molecule has 1 unspecified atom stereocenters. The van der Waals surface area contributed by atoms with Crippen LogP contribution in [0.4, 0.5) is 5.69 Å². The van der Waals surface area contributed by atoms with Crippen molar-refractivity contribution >= 4 is 11.6 Å². The van der Waals surface area contributed by atoms with Crippen molar-refractivity contribution in [3.63, 3.8) is 0 Å². The van der Waals surface area contributed by atoms with Crippen LogP contribution in [0.15, 0.2) is 30.3 Å². The molecule has 4 nitrogen and oxygen atoms in total. The molecule has 0 radical (unpaired) electrons. The molecular weight excluding hydrogens is 238 g/mol. The standard InChI is InChI=1S/C15H21N3O/c19-15(16-13-5-2-1-3-6-13)12-17-9-10-18-8-4-7-14(18)11-17/h1-3,5-6,14H,4,7-12H2,(H,16,19). The van der Waals surface area contributed by atoms with Gasteiger partial charge in [-0.25, -0.2) is 0 Å². The number of nitrogens with one attached hydrogen (secondary N) is 1. The largest absolute Gasteiger partial charge is 0.325 e. The third-order valence-corrected chi connectivity index (χ3v) is 4.10. The van der Waals surface area contributed by atoms with E-state index in [-0.39, 0.29) is 5.91 Å². The molecule has 19 heavy (non-hydrogen) atoms. The third kappa shape index (κ3) is 3.14. The lowest BCUT2D eigenvalue weighted by Crippen LogP contribution is -2.51. The van der Waals surface area contributed by atoms with Gasteiger partial charge in [0.15, 0.2) is 0 Å². The summed E-state index contributed by atoms with van der Waals surface area (Å²) in [4.78, 5) is 16.9. The number of rotatable bonds is 3. The van der Waals surface area contributed by atoms with Crippen molar-refractivity contribution in [3.8, 4) is 0 Å². The van der Waals surface area contributed by atoms with Crippen LogP contribution in [0, 0.1) is 0 Å². The highest BCUT2D eigenvalue weighted by Crippen LogP contribution is 2.21. The predicted octanol–water partition coefficient (Wildman–Crippen LogP) is 1.41. The van der Waals surface area contributed by atoms with E-state index < -0.39 is 0 Å². The summed E-state index contributed by atoms with van der Waals surface area (Å²) in [5.41, 5.74) is 0.881. The van der Waals surface area contributed by atoms with Gasteiger partial charge in [-0.15, -0.1) is 0 Å². The molecule has 1 amide bonds. The second kappa shape index (κ2) is 5.72. The second-order valence-electron chi connectivity index (χ2n) is 5.48. The first kappa shape index (κ1) is 12.6. The van der Waals surface area contributed by atoms with Gasteiger partial charge in [-0.05, 0) is 31.5 Å². The van der Waals surface area contributed by atoms with E-state index in [1.54, 1.807) is 0 Å².